The summed E-state index contributed by atoms with van der Waals surface area (Å²) in [5, 5.41) is 3.34. The van der Waals surface area contributed by atoms with Crippen LogP contribution < -0.4 is 5.32 Å². The minimum Gasteiger partial charge on any atom is -0.316 e. The lowest BCUT2D eigenvalue weighted by Gasteiger charge is -2.56. The second kappa shape index (κ2) is 1.95. The molecule has 0 aromatic carbocycles. The van der Waals surface area contributed by atoms with Gasteiger partial charge < -0.3 is 10.2 Å². The van der Waals surface area contributed by atoms with Crippen LogP contribution in [0.1, 0.15) is 12.8 Å². The van der Waals surface area contributed by atoms with Crippen LogP contribution in [0.3, 0.4) is 0 Å². The van der Waals surface area contributed by atoms with E-state index in [0.717, 1.165) is 11.5 Å². The molecule has 1 spiro atoms. The van der Waals surface area contributed by atoms with Gasteiger partial charge in [-0.15, -0.1) is 0 Å². The molecule has 1 saturated heterocycles. The Bertz CT molecular complexity index is 130. The fourth-order valence-corrected chi connectivity index (χ4v) is 2.07. The summed E-state index contributed by atoms with van der Waals surface area (Å²) in [6.45, 7) is 2.55. The second-order valence-electron chi connectivity index (χ2n) is 4.13. The van der Waals surface area contributed by atoms with Crippen molar-refractivity contribution in [1.82, 2.24) is 10.2 Å². The highest BCUT2D eigenvalue weighted by molar-refractivity contribution is 5.05. The largest absolute Gasteiger partial charge is 0.316 e. The number of hydrogen-bond acceptors (Lipinski definition) is 2. The third-order valence-electron chi connectivity index (χ3n) is 3.07. The van der Waals surface area contributed by atoms with Crippen molar-refractivity contribution in [2.45, 2.75) is 18.9 Å². The van der Waals surface area contributed by atoms with Crippen molar-refractivity contribution in [3.8, 4) is 0 Å². The summed E-state index contributed by atoms with van der Waals surface area (Å²) in [5.74, 6) is 0. The Hall–Kier alpha value is -0.0800. The highest BCUT2D eigenvalue weighted by Gasteiger charge is 2.48. The van der Waals surface area contributed by atoms with E-state index in [2.05, 4.69) is 24.3 Å². The Morgan fingerprint density at radius 2 is 1.90 bits per heavy atom. The van der Waals surface area contributed by atoms with Crippen LogP contribution in [0.15, 0.2) is 0 Å². The van der Waals surface area contributed by atoms with Gasteiger partial charge in [0.25, 0.3) is 0 Å². The van der Waals surface area contributed by atoms with Crippen molar-refractivity contribution in [3.63, 3.8) is 0 Å². The third-order valence-corrected chi connectivity index (χ3v) is 3.07. The Balaban J connectivity index is 1.82. The van der Waals surface area contributed by atoms with Crippen LogP contribution in [0, 0.1) is 5.41 Å². The molecule has 0 bridgehead atoms. The maximum absolute atomic E-state index is 3.34. The first-order valence-corrected chi connectivity index (χ1v) is 4.09. The molecule has 0 atom stereocenters. The smallest absolute Gasteiger partial charge is 0.0102 e. The molecule has 58 valence electrons. The van der Waals surface area contributed by atoms with E-state index in [0.29, 0.717) is 0 Å². The number of rotatable bonds is 1. The third kappa shape index (κ3) is 0.789. The van der Waals surface area contributed by atoms with Crippen LogP contribution in [0.4, 0.5) is 0 Å². The first kappa shape index (κ1) is 6.62. The van der Waals surface area contributed by atoms with Gasteiger partial charge >= 0.3 is 0 Å². The topological polar surface area (TPSA) is 15.3 Å². The molecule has 0 aromatic heterocycles. The molecule has 1 aliphatic carbocycles. The lowest BCUT2D eigenvalue weighted by atomic mass is 9.61. The van der Waals surface area contributed by atoms with E-state index in [4.69, 9.17) is 0 Å². The molecular weight excluding hydrogens is 124 g/mol. The molecule has 1 N–H and O–H groups in total. The normalized spacial score (nSPS) is 30.3. The van der Waals surface area contributed by atoms with E-state index in [1.165, 1.54) is 25.9 Å². The molecular formula is C8H16N2. The molecule has 2 fully saturated rings. The monoisotopic (exact) mass is 140 g/mol. The minimum atomic E-state index is 0.745. The summed E-state index contributed by atoms with van der Waals surface area (Å²) in [4.78, 5) is 2.35. The van der Waals surface area contributed by atoms with Gasteiger partial charge in [-0.1, -0.05) is 0 Å². The van der Waals surface area contributed by atoms with Crippen molar-refractivity contribution in [3.05, 3.63) is 0 Å². The summed E-state index contributed by atoms with van der Waals surface area (Å²) in [6.07, 6.45) is 2.85. The maximum Gasteiger partial charge on any atom is 0.0102 e. The zero-order chi connectivity index (χ0) is 7.19. The Morgan fingerprint density at radius 3 is 2.20 bits per heavy atom. The number of nitrogens with one attached hydrogen (secondary N) is 1. The lowest BCUT2D eigenvalue weighted by Crippen LogP contribution is -2.64. The molecule has 0 unspecified atom stereocenters. The van der Waals surface area contributed by atoms with Crippen LogP contribution in [-0.2, 0) is 0 Å². The highest BCUT2D eigenvalue weighted by Crippen LogP contribution is 2.45. The van der Waals surface area contributed by atoms with E-state index >= 15 is 0 Å². The molecule has 2 aliphatic rings. The van der Waals surface area contributed by atoms with Crippen molar-refractivity contribution in [2.75, 3.05) is 27.2 Å². The predicted octanol–water partition coefficient (Wildman–Crippen LogP) is 0.300. The molecule has 0 aromatic rings. The molecule has 2 heteroatoms. The van der Waals surface area contributed by atoms with Crippen LogP contribution in [0.25, 0.3) is 0 Å². The van der Waals surface area contributed by atoms with Gasteiger partial charge in [-0.25, -0.2) is 0 Å². The van der Waals surface area contributed by atoms with Gasteiger partial charge in [-0.05, 0) is 32.4 Å². The summed E-state index contributed by atoms with van der Waals surface area (Å²) in [6, 6.07) is 0.877. The molecule has 1 aliphatic heterocycles. The maximum atomic E-state index is 3.34. The van der Waals surface area contributed by atoms with Gasteiger partial charge in [-0.2, -0.15) is 0 Å². The molecule has 1 heterocycles. The Labute approximate surface area is 62.6 Å². The van der Waals surface area contributed by atoms with Crippen molar-refractivity contribution >= 4 is 0 Å². The zero-order valence-electron chi connectivity index (χ0n) is 6.85. The second-order valence-corrected chi connectivity index (χ2v) is 4.13. The first-order valence-electron chi connectivity index (χ1n) is 4.09. The van der Waals surface area contributed by atoms with Gasteiger partial charge in [0.1, 0.15) is 0 Å². The fraction of sp³-hybridized carbons (Fsp3) is 1.00. The molecule has 2 rings (SSSR count). The van der Waals surface area contributed by atoms with E-state index in [1.807, 2.05) is 0 Å². The molecule has 2 nitrogen and oxygen atoms in total. The lowest BCUT2D eigenvalue weighted by molar-refractivity contribution is -0.0176. The SMILES string of the molecule is CN(C)C1CC2(CNC2)C1. The highest BCUT2D eigenvalue weighted by atomic mass is 15.1. The summed E-state index contributed by atoms with van der Waals surface area (Å²) in [5.41, 5.74) is 0.745. The summed E-state index contributed by atoms with van der Waals surface area (Å²) < 4.78 is 0. The van der Waals surface area contributed by atoms with Gasteiger partial charge in [-0.3, -0.25) is 0 Å². The molecule has 10 heavy (non-hydrogen) atoms. The van der Waals surface area contributed by atoms with Crippen molar-refractivity contribution in [2.24, 2.45) is 5.41 Å². The standard InChI is InChI=1S/C8H16N2/c1-10(2)7-3-8(4-7)5-9-6-8/h7,9H,3-6H2,1-2H3. The van der Waals surface area contributed by atoms with Crippen LogP contribution in [-0.4, -0.2) is 38.1 Å². The fourth-order valence-electron chi connectivity index (χ4n) is 2.07. The number of nitrogens with zero attached hydrogens (tertiary/aromatic N) is 1. The predicted molar refractivity (Wildman–Crippen MR) is 42.0 cm³/mol. The van der Waals surface area contributed by atoms with Gasteiger partial charge in [0, 0.05) is 19.1 Å². The molecule has 0 amide bonds. The van der Waals surface area contributed by atoms with Crippen molar-refractivity contribution in [1.29, 1.82) is 0 Å². The Kier molecular flexibility index (Phi) is 1.29. The molecule has 1 saturated carbocycles. The molecule has 0 radical (unpaired) electrons. The van der Waals surface area contributed by atoms with E-state index in [-0.39, 0.29) is 0 Å². The first-order chi connectivity index (χ1) is 4.72. The summed E-state index contributed by atoms with van der Waals surface area (Å²) >= 11 is 0. The van der Waals surface area contributed by atoms with Crippen molar-refractivity contribution < 1.29 is 0 Å². The minimum absolute atomic E-state index is 0.745. The quantitative estimate of drug-likeness (QED) is 0.563. The average Bonchev–Trinajstić information content (AvgIpc) is 1.54. The summed E-state index contributed by atoms with van der Waals surface area (Å²) in [7, 11) is 4.37. The van der Waals surface area contributed by atoms with Crippen LogP contribution in [0.2, 0.25) is 0 Å². The average molecular weight is 140 g/mol. The van der Waals surface area contributed by atoms with Crippen LogP contribution >= 0.6 is 0 Å². The van der Waals surface area contributed by atoms with Gasteiger partial charge in [0.2, 0.25) is 0 Å². The van der Waals surface area contributed by atoms with Crippen LogP contribution in [0.5, 0.6) is 0 Å². The van der Waals surface area contributed by atoms with Gasteiger partial charge in [0.15, 0.2) is 0 Å². The zero-order valence-corrected chi connectivity index (χ0v) is 6.85. The van der Waals surface area contributed by atoms with E-state index in [1.54, 1.807) is 0 Å². The number of hydrogen-bond donors (Lipinski definition) is 1. The van der Waals surface area contributed by atoms with E-state index < -0.39 is 0 Å². The van der Waals surface area contributed by atoms with Gasteiger partial charge in [0.05, 0.1) is 0 Å². The Morgan fingerprint density at radius 1 is 1.30 bits per heavy atom. The van der Waals surface area contributed by atoms with E-state index in [9.17, 15) is 0 Å².